The summed E-state index contributed by atoms with van der Waals surface area (Å²) < 4.78 is 0. The number of carbonyl (C=O) groups excluding carboxylic acids is 4. The highest BCUT2D eigenvalue weighted by Gasteiger charge is 2.48. The van der Waals surface area contributed by atoms with Crippen molar-refractivity contribution in [2.75, 3.05) is 6.54 Å². The Bertz CT molecular complexity index is 1180. The number of rotatable bonds is 9. The fourth-order valence-electron chi connectivity index (χ4n) is 6.32. The van der Waals surface area contributed by atoms with Gasteiger partial charge in [-0.15, -0.1) is 0 Å². The molecule has 3 atom stereocenters. The highest BCUT2D eigenvalue weighted by atomic mass is 16.3. The van der Waals surface area contributed by atoms with Crippen molar-refractivity contribution in [3.8, 4) is 11.1 Å². The van der Waals surface area contributed by atoms with E-state index in [0.29, 0.717) is 36.8 Å². The molecule has 1 aliphatic heterocycles. The molecule has 0 unspecified atom stereocenters. The molecule has 3 aliphatic rings. The van der Waals surface area contributed by atoms with Gasteiger partial charge in [0, 0.05) is 23.6 Å². The summed E-state index contributed by atoms with van der Waals surface area (Å²) in [7, 11) is 0. The number of amides is 3. The van der Waals surface area contributed by atoms with E-state index in [2.05, 4.69) is 16.0 Å². The first-order chi connectivity index (χ1) is 18.4. The topological polar surface area (TPSA) is 125 Å². The molecule has 38 heavy (non-hydrogen) atoms. The van der Waals surface area contributed by atoms with Crippen molar-refractivity contribution < 1.29 is 24.3 Å². The molecule has 8 nitrogen and oxygen atoms in total. The molecule has 2 aliphatic carbocycles. The lowest BCUT2D eigenvalue weighted by Crippen LogP contribution is -2.55. The normalized spacial score (nSPS) is 21.5. The van der Waals surface area contributed by atoms with Gasteiger partial charge in [0.05, 0.1) is 6.04 Å². The van der Waals surface area contributed by atoms with Crippen LogP contribution < -0.4 is 16.0 Å². The minimum absolute atomic E-state index is 0.112. The summed E-state index contributed by atoms with van der Waals surface area (Å²) in [5.41, 5.74) is 0.585. The SMILES string of the molecule is O=C[C@H](C[C@@H]1CCNC1=O)NC(=O)[C@@H](CC1CCCCC1)NC(=O)C1(O)c2ccccc2-c2ccccc21. The summed E-state index contributed by atoms with van der Waals surface area (Å²) in [6.45, 7) is 0.560. The van der Waals surface area contributed by atoms with E-state index in [0.717, 1.165) is 43.2 Å². The van der Waals surface area contributed by atoms with Gasteiger partial charge < -0.3 is 25.9 Å². The highest BCUT2D eigenvalue weighted by molar-refractivity contribution is 6.00. The van der Waals surface area contributed by atoms with Crippen LogP contribution >= 0.6 is 0 Å². The van der Waals surface area contributed by atoms with Gasteiger partial charge >= 0.3 is 0 Å². The highest BCUT2D eigenvalue weighted by Crippen LogP contribution is 2.47. The fraction of sp³-hybridized carbons (Fsp3) is 0.467. The van der Waals surface area contributed by atoms with E-state index >= 15 is 0 Å². The van der Waals surface area contributed by atoms with Gasteiger partial charge in [0.1, 0.15) is 12.3 Å². The summed E-state index contributed by atoms with van der Waals surface area (Å²) >= 11 is 0. The van der Waals surface area contributed by atoms with E-state index in [1.54, 1.807) is 24.3 Å². The first-order valence-corrected chi connectivity index (χ1v) is 13.7. The number of hydrogen-bond donors (Lipinski definition) is 4. The minimum Gasteiger partial charge on any atom is -0.372 e. The van der Waals surface area contributed by atoms with E-state index in [4.69, 9.17) is 0 Å². The quantitative estimate of drug-likeness (QED) is 0.381. The molecule has 1 saturated carbocycles. The number of hydrogen-bond acceptors (Lipinski definition) is 5. The predicted molar refractivity (Wildman–Crippen MR) is 142 cm³/mol. The monoisotopic (exact) mass is 517 g/mol. The summed E-state index contributed by atoms with van der Waals surface area (Å²) in [5.74, 6) is -1.32. The molecule has 3 amide bonds. The number of aliphatic hydroxyl groups is 1. The lowest BCUT2D eigenvalue weighted by molar-refractivity contribution is -0.140. The lowest BCUT2D eigenvalue weighted by Gasteiger charge is -2.31. The minimum atomic E-state index is -1.94. The van der Waals surface area contributed by atoms with Crippen molar-refractivity contribution >= 4 is 24.0 Å². The maximum Gasteiger partial charge on any atom is 0.262 e. The van der Waals surface area contributed by atoms with Gasteiger partial charge in [-0.2, -0.15) is 0 Å². The van der Waals surface area contributed by atoms with E-state index in [1.807, 2.05) is 24.3 Å². The molecule has 2 aromatic carbocycles. The molecule has 0 radical (unpaired) electrons. The predicted octanol–water partition coefficient (Wildman–Crippen LogP) is 2.57. The zero-order valence-corrected chi connectivity index (χ0v) is 21.4. The lowest BCUT2D eigenvalue weighted by atomic mass is 9.84. The Morgan fingerprint density at radius 1 is 0.947 bits per heavy atom. The van der Waals surface area contributed by atoms with Crippen LogP contribution in [-0.4, -0.2) is 47.7 Å². The van der Waals surface area contributed by atoms with Crippen LogP contribution in [0.4, 0.5) is 0 Å². The maximum absolute atomic E-state index is 13.9. The Morgan fingerprint density at radius 2 is 1.58 bits per heavy atom. The molecule has 0 aromatic heterocycles. The van der Waals surface area contributed by atoms with Crippen molar-refractivity contribution in [3.05, 3.63) is 59.7 Å². The van der Waals surface area contributed by atoms with Crippen LogP contribution in [0.15, 0.2) is 48.5 Å². The van der Waals surface area contributed by atoms with Crippen LogP contribution in [0.2, 0.25) is 0 Å². The third-order valence-corrected chi connectivity index (χ3v) is 8.36. The third kappa shape index (κ3) is 4.97. The van der Waals surface area contributed by atoms with Crippen LogP contribution in [-0.2, 0) is 24.8 Å². The largest absolute Gasteiger partial charge is 0.372 e. The second-order valence-electron chi connectivity index (χ2n) is 10.8. The van der Waals surface area contributed by atoms with Crippen LogP contribution in [0.5, 0.6) is 0 Å². The van der Waals surface area contributed by atoms with Crippen LogP contribution in [0.1, 0.15) is 62.5 Å². The van der Waals surface area contributed by atoms with E-state index in [9.17, 15) is 24.3 Å². The van der Waals surface area contributed by atoms with Gasteiger partial charge in [-0.3, -0.25) is 14.4 Å². The van der Waals surface area contributed by atoms with Crippen molar-refractivity contribution in [2.24, 2.45) is 11.8 Å². The number of carbonyl (C=O) groups is 4. The molecule has 4 N–H and O–H groups in total. The second-order valence-corrected chi connectivity index (χ2v) is 10.8. The smallest absolute Gasteiger partial charge is 0.262 e. The standard InChI is InChI=1S/C30H35N3O5/c34-18-21(17-20-14-15-31-27(20)35)32-28(36)26(16-19-8-2-1-3-9-19)33-29(37)30(38)24-12-6-4-10-22(24)23-11-5-7-13-25(23)30/h4-7,10-13,18-21,26,38H,1-3,8-9,14-17H2,(H,31,35)(H,32,36)(H,33,37)/t20-,21-,26+/m0/s1. The number of benzene rings is 2. The number of nitrogens with one attached hydrogen (secondary N) is 3. The van der Waals surface area contributed by atoms with Crippen LogP contribution in [0.3, 0.4) is 0 Å². The Hall–Kier alpha value is -3.52. The summed E-state index contributed by atoms with van der Waals surface area (Å²) in [6, 6.07) is 12.8. The average molecular weight is 518 g/mol. The Balaban J connectivity index is 1.38. The maximum atomic E-state index is 13.9. The molecule has 5 rings (SSSR count). The fourth-order valence-corrected chi connectivity index (χ4v) is 6.32. The van der Waals surface area contributed by atoms with E-state index in [-0.39, 0.29) is 24.2 Å². The van der Waals surface area contributed by atoms with Gasteiger partial charge in [-0.1, -0.05) is 80.6 Å². The Morgan fingerprint density at radius 3 is 2.16 bits per heavy atom. The zero-order valence-electron chi connectivity index (χ0n) is 21.4. The molecule has 1 saturated heterocycles. The van der Waals surface area contributed by atoms with Gasteiger partial charge in [0.25, 0.3) is 5.91 Å². The Labute approximate surface area is 222 Å². The van der Waals surface area contributed by atoms with Crippen LogP contribution in [0.25, 0.3) is 11.1 Å². The van der Waals surface area contributed by atoms with E-state index < -0.39 is 29.5 Å². The number of fused-ring (bicyclic) bond motifs is 3. The molecule has 2 aromatic rings. The van der Waals surface area contributed by atoms with Crippen molar-refractivity contribution in [2.45, 2.75) is 69.1 Å². The van der Waals surface area contributed by atoms with Gasteiger partial charge in [0.15, 0.2) is 5.60 Å². The van der Waals surface area contributed by atoms with E-state index in [1.165, 1.54) is 0 Å². The van der Waals surface area contributed by atoms with Gasteiger partial charge in [-0.25, -0.2) is 0 Å². The molecular formula is C30H35N3O5. The average Bonchev–Trinajstić information content (AvgIpc) is 3.47. The first-order valence-electron chi connectivity index (χ1n) is 13.7. The Kier molecular flexibility index (Phi) is 7.61. The van der Waals surface area contributed by atoms with Crippen molar-refractivity contribution in [3.63, 3.8) is 0 Å². The third-order valence-electron chi connectivity index (χ3n) is 8.36. The van der Waals surface area contributed by atoms with Gasteiger partial charge in [-0.05, 0) is 36.3 Å². The molecule has 2 fully saturated rings. The van der Waals surface area contributed by atoms with Crippen molar-refractivity contribution in [1.82, 2.24) is 16.0 Å². The first kappa shape index (κ1) is 26.1. The summed E-state index contributed by atoms with van der Waals surface area (Å²) in [4.78, 5) is 51.2. The number of aldehydes is 1. The molecule has 0 spiro atoms. The summed E-state index contributed by atoms with van der Waals surface area (Å²) in [6.07, 6.45) is 7.15. The molecule has 8 heteroatoms. The molecule has 1 heterocycles. The molecule has 200 valence electrons. The van der Waals surface area contributed by atoms with Crippen molar-refractivity contribution in [1.29, 1.82) is 0 Å². The van der Waals surface area contributed by atoms with Gasteiger partial charge in [0.2, 0.25) is 11.8 Å². The zero-order chi connectivity index (χ0) is 26.7. The molecular weight excluding hydrogens is 482 g/mol. The summed E-state index contributed by atoms with van der Waals surface area (Å²) in [5, 5.41) is 20.3. The molecule has 0 bridgehead atoms. The second kappa shape index (κ2) is 11.1. The van der Waals surface area contributed by atoms with Crippen LogP contribution in [0, 0.1) is 11.8 Å².